The van der Waals surface area contributed by atoms with Crippen LogP contribution in [-0.4, -0.2) is 4.98 Å². The summed E-state index contributed by atoms with van der Waals surface area (Å²) < 4.78 is 0. The number of aromatic nitrogens is 1. The van der Waals surface area contributed by atoms with Crippen molar-refractivity contribution in [2.45, 2.75) is 12.6 Å². The Kier molecular flexibility index (Phi) is 4.30. The monoisotopic (exact) mass is 257 g/mol. The molecule has 0 radical (unpaired) electrons. The summed E-state index contributed by atoms with van der Waals surface area (Å²) in [5.74, 6) is 0. The van der Waals surface area contributed by atoms with Crippen molar-refractivity contribution in [2.75, 3.05) is 0 Å². The third-order valence-corrected chi connectivity index (χ3v) is 2.79. The van der Waals surface area contributed by atoms with Crippen molar-refractivity contribution >= 4 is 11.6 Å². The molecule has 0 aliphatic rings. The number of benzene rings is 1. The first-order valence-corrected chi connectivity index (χ1v) is 5.96. The molecular formula is C14H12ClN3. The second-order valence-corrected chi connectivity index (χ2v) is 4.26. The molecule has 0 aliphatic heterocycles. The third kappa shape index (κ3) is 3.30. The van der Waals surface area contributed by atoms with Crippen LogP contribution in [0.25, 0.3) is 0 Å². The summed E-state index contributed by atoms with van der Waals surface area (Å²) in [4.78, 5) is 4.17. The Bertz CT molecular complexity index is 531. The quantitative estimate of drug-likeness (QED) is 0.916. The standard InChI is InChI=1S/C14H12ClN3/c15-12-6-4-11(5-7-12)10-18-14(9-16)13-3-1-2-8-17-13/h1-8,14,18H,10H2. The van der Waals surface area contributed by atoms with Crippen LogP contribution in [0.3, 0.4) is 0 Å². The molecular weight excluding hydrogens is 246 g/mol. The van der Waals surface area contributed by atoms with E-state index < -0.39 is 6.04 Å². The molecule has 18 heavy (non-hydrogen) atoms. The molecule has 0 bridgehead atoms. The van der Waals surface area contributed by atoms with Gasteiger partial charge in [-0.05, 0) is 29.8 Å². The minimum atomic E-state index is -0.401. The van der Waals surface area contributed by atoms with E-state index in [1.54, 1.807) is 6.20 Å². The van der Waals surface area contributed by atoms with Crippen LogP contribution in [0.5, 0.6) is 0 Å². The van der Waals surface area contributed by atoms with Crippen LogP contribution >= 0.6 is 11.6 Å². The average Bonchev–Trinajstić information content (AvgIpc) is 2.43. The van der Waals surface area contributed by atoms with Gasteiger partial charge in [0.2, 0.25) is 0 Å². The van der Waals surface area contributed by atoms with Crippen molar-refractivity contribution in [2.24, 2.45) is 0 Å². The Morgan fingerprint density at radius 1 is 1.22 bits per heavy atom. The van der Waals surface area contributed by atoms with Gasteiger partial charge in [-0.3, -0.25) is 10.3 Å². The van der Waals surface area contributed by atoms with Gasteiger partial charge in [0.15, 0.2) is 0 Å². The number of nitrogens with zero attached hydrogens (tertiary/aromatic N) is 2. The summed E-state index contributed by atoms with van der Waals surface area (Å²) in [5.41, 5.74) is 1.81. The van der Waals surface area contributed by atoms with Gasteiger partial charge in [0.1, 0.15) is 6.04 Å². The summed E-state index contributed by atoms with van der Waals surface area (Å²) in [5, 5.41) is 13.0. The van der Waals surface area contributed by atoms with Gasteiger partial charge in [-0.2, -0.15) is 5.26 Å². The van der Waals surface area contributed by atoms with Crippen LogP contribution in [0, 0.1) is 11.3 Å². The Morgan fingerprint density at radius 2 is 2.00 bits per heavy atom. The fourth-order valence-electron chi connectivity index (χ4n) is 1.59. The second kappa shape index (κ2) is 6.15. The molecule has 1 N–H and O–H groups in total. The van der Waals surface area contributed by atoms with Crippen LogP contribution in [0.1, 0.15) is 17.3 Å². The van der Waals surface area contributed by atoms with Crippen molar-refractivity contribution < 1.29 is 0 Å². The largest absolute Gasteiger partial charge is 0.293 e. The first-order valence-electron chi connectivity index (χ1n) is 5.58. The van der Waals surface area contributed by atoms with Gasteiger partial charge in [0, 0.05) is 17.8 Å². The molecule has 4 heteroatoms. The van der Waals surface area contributed by atoms with E-state index in [1.807, 2.05) is 42.5 Å². The molecule has 0 saturated heterocycles. The highest BCUT2D eigenvalue weighted by Gasteiger charge is 2.10. The number of hydrogen-bond acceptors (Lipinski definition) is 3. The molecule has 2 aromatic rings. The normalized spacial score (nSPS) is 11.8. The first kappa shape index (κ1) is 12.6. The average molecular weight is 258 g/mol. The van der Waals surface area contributed by atoms with Crippen LogP contribution in [0.2, 0.25) is 5.02 Å². The smallest absolute Gasteiger partial charge is 0.138 e. The molecule has 0 saturated carbocycles. The molecule has 2 rings (SSSR count). The molecule has 0 spiro atoms. The number of pyridine rings is 1. The highest BCUT2D eigenvalue weighted by molar-refractivity contribution is 6.30. The van der Waals surface area contributed by atoms with E-state index in [2.05, 4.69) is 16.4 Å². The zero-order valence-electron chi connectivity index (χ0n) is 9.68. The van der Waals surface area contributed by atoms with Gasteiger partial charge in [-0.25, -0.2) is 0 Å². The fourth-order valence-corrected chi connectivity index (χ4v) is 1.71. The molecule has 0 aliphatic carbocycles. The number of rotatable bonds is 4. The van der Waals surface area contributed by atoms with Gasteiger partial charge in [0.25, 0.3) is 0 Å². The minimum absolute atomic E-state index is 0.401. The van der Waals surface area contributed by atoms with Crippen LogP contribution in [0.4, 0.5) is 0 Å². The highest BCUT2D eigenvalue weighted by atomic mass is 35.5. The number of nitriles is 1. The maximum Gasteiger partial charge on any atom is 0.138 e. The second-order valence-electron chi connectivity index (χ2n) is 3.82. The van der Waals surface area contributed by atoms with E-state index in [0.29, 0.717) is 11.6 Å². The lowest BCUT2D eigenvalue weighted by Gasteiger charge is -2.10. The molecule has 1 aromatic carbocycles. The molecule has 1 unspecified atom stereocenters. The Labute approximate surface area is 111 Å². The van der Waals surface area contributed by atoms with Crippen molar-refractivity contribution in [3.05, 3.63) is 64.9 Å². The highest BCUT2D eigenvalue weighted by Crippen LogP contribution is 2.12. The maximum atomic E-state index is 9.13. The van der Waals surface area contributed by atoms with E-state index in [-0.39, 0.29) is 0 Å². The summed E-state index contributed by atoms with van der Waals surface area (Å²) in [6.07, 6.45) is 1.68. The van der Waals surface area contributed by atoms with Crippen LogP contribution in [-0.2, 0) is 6.54 Å². The Morgan fingerprint density at radius 3 is 2.61 bits per heavy atom. The molecule has 90 valence electrons. The summed E-state index contributed by atoms with van der Waals surface area (Å²) in [6, 6.07) is 14.9. The van der Waals surface area contributed by atoms with Crippen molar-refractivity contribution in [1.29, 1.82) is 5.26 Å². The summed E-state index contributed by atoms with van der Waals surface area (Å²) in [6.45, 7) is 0.603. The van der Waals surface area contributed by atoms with Crippen molar-refractivity contribution in [1.82, 2.24) is 10.3 Å². The zero-order chi connectivity index (χ0) is 12.8. The van der Waals surface area contributed by atoms with Gasteiger partial charge in [-0.15, -0.1) is 0 Å². The van der Waals surface area contributed by atoms with Gasteiger partial charge in [-0.1, -0.05) is 29.8 Å². The van der Waals surface area contributed by atoms with E-state index in [0.717, 1.165) is 11.3 Å². The fraction of sp³-hybridized carbons (Fsp3) is 0.143. The zero-order valence-corrected chi connectivity index (χ0v) is 10.4. The van der Waals surface area contributed by atoms with E-state index >= 15 is 0 Å². The Hall–Kier alpha value is -1.89. The van der Waals surface area contributed by atoms with E-state index in [1.165, 1.54) is 0 Å². The molecule has 3 nitrogen and oxygen atoms in total. The molecule has 0 fully saturated rings. The lowest BCUT2D eigenvalue weighted by atomic mass is 10.1. The first-order chi connectivity index (χ1) is 8.79. The van der Waals surface area contributed by atoms with E-state index in [4.69, 9.17) is 16.9 Å². The molecule has 1 aromatic heterocycles. The topological polar surface area (TPSA) is 48.7 Å². The minimum Gasteiger partial charge on any atom is -0.293 e. The van der Waals surface area contributed by atoms with Gasteiger partial charge < -0.3 is 0 Å². The lowest BCUT2D eigenvalue weighted by Crippen LogP contribution is -2.20. The van der Waals surface area contributed by atoms with Gasteiger partial charge >= 0.3 is 0 Å². The van der Waals surface area contributed by atoms with Crippen molar-refractivity contribution in [3.8, 4) is 6.07 Å². The molecule has 0 amide bonds. The number of nitrogens with one attached hydrogen (secondary N) is 1. The third-order valence-electron chi connectivity index (χ3n) is 2.54. The summed E-state index contributed by atoms with van der Waals surface area (Å²) in [7, 11) is 0. The SMILES string of the molecule is N#CC(NCc1ccc(Cl)cc1)c1ccccn1. The predicted molar refractivity (Wildman–Crippen MR) is 70.9 cm³/mol. The Balaban J connectivity index is 2.00. The predicted octanol–water partition coefficient (Wildman–Crippen LogP) is 3.09. The molecule has 1 atom stereocenters. The van der Waals surface area contributed by atoms with E-state index in [9.17, 15) is 0 Å². The molecule has 1 heterocycles. The van der Waals surface area contributed by atoms with Gasteiger partial charge in [0.05, 0.1) is 11.8 Å². The number of hydrogen-bond donors (Lipinski definition) is 1. The van der Waals surface area contributed by atoms with Crippen molar-refractivity contribution in [3.63, 3.8) is 0 Å². The maximum absolute atomic E-state index is 9.13. The lowest BCUT2D eigenvalue weighted by molar-refractivity contribution is 0.617. The van der Waals surface area contributed by atoms with Crippen LogP contribution < -0.4 is 5.32 Å². The van der Waals surface area contributed by atoms with Crippen LogP contribution in [0.15, 0.2) is 48.7 Å². The number of halogens is 1. The summed E-state index contributed by atoms with van der Waals surface area (Å²) >= 11 is 5.81.